The maximum Gasteiger partial charge on any atom is 0.269 e. The highest BCUT2D eigenvalue weighted by Crippen LogP contribution is 2.38. The Morgan fingerprint density at radius 1 is 1.47 bits per heavy atom. The van der Waals surface area contributed by atoms with Gasteiger partial charge in [0.15, 0.2) is 17.7 Å². The van der Waals surface area contributed by atoms with Crippen molar-refractivity contribution in [1.29, 1.82) is 0 Å². The van der Waals surface area contributed by atoms with Crippen LogP contribution in [0.2, 0.25) is 0 Å². The van der Waals surface area contributed by atoms with Crippen LogP contribution in [0.1, 0.15) is 19.2 Å². The van der Waals surface area contributed by atoms with E-state index >= 15 is 0 Å². The molecule has 0 saturated carbocycles. The summed E-state index contributed by atoms with van der Waals surface area (Å²) in [5, 5.41) is 0.783. The van der Waals surface area contributed by atoms with Crippen LogP contribution in [0.3, 0.4) is 0 Å². The molecule has 0 fully saturated rings. The Hall–Kier alpha value is -1.30. The van der Waals surface area contributed by atoms with Gasteiger partial charge in [0.05, 0.1) is 0 Å². The van der Waals surface area contributed by atoms with Gasteiger partial charge in [0.25, 0.3) is 5.91 Å². The summed E-state index contributed by atoms with van der Waals surface area (Å²) in [7, 11) is 1.73. The number of aryl methyl sites for hydroxylation is 1. The third-order valence-corrected chi connectivity index (χ3v) is 3.34. The highest BCUT2D eigenvalue weighted by molar-refractivity contribution is 7.98. The topological polar surface area (TPSA) is 55.3 Å². The zero-order valence-electron chi connectivity index (χ0n) is 10.4. The zero-order valence-corrected chi connectivity index (χ0v) is 11.2. The van der Waals surface area contributed by atoms with Crippen LogP contribution in [0.4, 0.5) is 5.82 Å². The molecule has 2 rings (SSSR count). The molecule has 0 spiro atoms. The van der Waals surface area contributed by atoms with Crippen LogP contribution in [0.5, 0.6) is 5.75 Å². The van der Waals surface area contributed by atoms with Gasteiger partial charge in [-0.25, -0.2) is 9.97 Å². The van der Waals surface area contributed by atoms with Gasteiger partial charge in [0.1, 0.15) is 10.9 Å². The van der Waals surface area contributed by atoms with E-state index in [1.807, 2.05) is 20.1 Å². The predicted molar refractivity (Wildman–Crippen MR) is 66.7 cm³/mol. The molecule has 92 valence electrons. The fourth-order valence-corrected chi connectivity index (χ4v) is 2.31. The van der Waals surface area contributed by atoms with E-state index < -0.39 is 6.10 Å². The molecule has 0 unspecified atom stereocenters. The second-order valence-corrected chi connectivity index (χ2v) is 4.64. The van der Waals surface area contributed by atoms with Gasteiger partial charge in [-0.1, -0.05) is 6.92 Å². The standard InChI is InChI=1S/C11H15N3O2S/c1-5-7-11(15)14(3)9-8(16-7)10(17-4)13-6(2)12-9/h7H,5H2,1-4H3/t7-/m1/s1. The van der Waals surface area contributed by atoms with E-state index in [4.69, 9.17) is 4.74 Å². The molecule has 6 heteroatoms. The van der Waals surface area contributed by atoms with E-state index in [2.05, 4.69) is 9.97 Å². The van der Waals surface area contributed by atoms with E-state index in [0.717, 1.165) is 5.03 Å². The van der Waals surface area contributed by atoms with Gasteiger partial charge in [-0.2, -0.15) is 0 Å². The number of ether oxygens (including phenoxy) is 1. The van der Waals surface area contributed by atoms with E-state index in [9.17, 15) is 4.79 Å². The van der Waals surface area contributed by atoms with Crippen molar-refractivity contribution in [2.75, 3.05) is 18.2 Å². The summed E-state index contributed by atoms with van der Waals surface area (Å²) in [5.41, 5.74) is 0. The van der Waals surface area contributed by atoms with Crippen molar-refractivity contribution >= 4 is 23.5 Å². The molecule has 2 heterocycles. The smallest absolute Gasteiger partial charge is 0.269 e. The van der Waals surface area contributed by atoms with Crippen molar-refractivity contribution in [3.63, 3.8) is 0 Å². The molecule has 1 atom stereocenters. The number of thioether (sulfide) groups is 1. The molecule has 0 aromatic carbocycles. The lowest BCUT2D eigenvalue weighted by molar-refractivity contribution is -0.126. The predicted octanol–water partition coefficient (Wildman–Crippen LogP) is 1.64. The van der Waals surface area contributed by atoms with Crippen LogP contribution in [0, 0.1) is 6.92 Å². The number of hydrogen-bond donors (Lipinski definition) is 0. The van der Waals surface area contributed by atoms with Crippen LogP contribution < -0.4 is 9.64 Å². The number of carbonyl (C=O) groups is 1. The fourth-order valence-electron chi connectivity index (χ4n) is 1.76. The first-order chi connectivity index (χ1) is 8.08. The molecule has 1 aromatic heterocycles. The Labute approximate surface area is 105 Å². The number of rotatable bonds is 2. The van der Waals surface area contributed by atoms with Crippen molar-refractivity contribution in [3.05, 3.63) is 5.82 Å². The van der Waals surface area contributed by atoms with Crippen molar-refractivity contribution in [2.24, 2.45) is 0 Å². The van der Waals surface area contributed by atoms with Crippen LogP contribution in [0.25, 0.3) is 0 Å². The molecular formula is C11H15N3O2S. The van der Waals surface area contributed by atoms with E-state index in [1.165, 1.54) is 11.8 Å². The largest absolute Gasteiger partial charge is 0.474 e. The number of likely N-dealkylation sites (N-methyl/N-ethyl adjacent to an activating group) is 1. The first-order valence-corrected chi connectivity index (χ1v) is 6.67. The lowest BCUT2D eigenvalue weighted by atomic mass is 10.2. The quantitative estimate of drug-likeness (QED) is 0.592. The second-order valence-electron chi connectivity index (χ2n) is 3.84. The summed E-state index contributed by atoms with van der Waals surface area (Å²) < 4.78 is 5.70. The molecule has 0 bridgehead atoms. The fraction of sp³-hybridized carbons (Fsp3) is 0.545. The molecule has 5 nitrogen and oxygen atoms in total. The van der Waals surface area contributed by atoms with Gasteiger partial charge in [0, 0.05) is 7.05 Å². The maximum absolute atomic E-state index is 12.0. The molecule has 0 saturated heterocycles. The Bertz CT molecular complexity index is 464. The summed E-state index contributed by atoms with van der Waals surface area (Å²) in [6.45, 7) is 3.74. The third kappa shape index (κ3) is 1.97. The minimum atomic E-state index is -0.426. The normalized spacial score (nSPS) is 18.9. The average molecular weight is 253 g/mol. The second kappa shape index (κ2) is 4.52. The Balaban J connectivity index is 2.55. The Morgan fingerprint density at radius 3 is 2.76 bits per heavy atom. The summed E-state index contributed by atoms with van der Waals surface area (Å²) in [4.78, 5) is 22.1. The molecule has 1 aliphatic rings. The summed E-state index contributed by atoms with van der Waals surface area (Å²) in [5.74, 6) is 1.78. The number of carbonyl (C=O) groups excluding carboxylic acids is 1. The maximum atomic E-state index is 12.0. The monoisotopic (exact) mass is 253 g/mol. The molecule has 1 amide bonds. The van der Waals surface area contributed by atoms with Crippen molar-refractivity contribution in [3.8, 4) is 5.75 Å². The van der Waals surface area contributed by atoms with Crippen LogP contribution in [-0.2, 0) is 4.79 Å². The van der Waals surface area contributed by atoms with Crippen molar-refractivity contribution in [1.82, 2.24) is 9.97 Å². The number of hydrogen-bond acceptors (Lipinski definition) is 5. The van der Waals surface area contributed by atoms with Gasteiger partial charge in [0.2, 0.25) is 0 Å². The minimum Gasteiger partial charge on any atom is -0.474 e. The zero-order chi connectivity index (χ0) is 12.6. The summed E-state index contributed by atoms with van der Waals surface area (Å²) in [6, 6.07) is 0. The van der Waals surface area contributed by atoms with Crippen molar-refractivity contribution < 1.29 is 9.53 Å². The van der Waals surface area contributed by atoms with E-state index in [-0.39, 0.29) is 5.91 Å². The van der Waals surface area contributed by atoms with Crippen LogP contribution in [-0.4, -0.2) is 35.3 Å². The summed E-state index contributed by atoms with van der Waals surface area (Å²) in [6.07, 6.45) is 2.15. The molecule has 0 N–H and O–H groups in total. The molecular weight excluding hydrogens is 238 g/mol. The number of aromatic nitrogens is 2. The molecule has 1 aromatic rings. The van der Waals surface area contributed by atoms with Crippen LogP contribution in [0.15, 0.2) is 5.03 Å². The number of fused-ring (bicyclic) bond motifs is 1. The molecule has 1 aliphatic heterocycles. The average Bonchev–Trinajstić information content (AvgIpc) is 2.33. The molecule has 17 heavy (non-hydrogen) atoms. The lowest BCUT2D eigenvalue weighted by Gasteiger charge is -2.31. The highest BCUT2D eigenvalue weighted by atomic mass is 32.2. The highest BCUT2D eigenvalue weighted by Gasteiger charge is 2.34. The van der Waals surface area contributed by atoms with Crippen LogP contribution >= 0.6 is 11.8 Å². The van der Waals surface area contributed by atoms with Crippen molar-refractivity contribution in [2.45, 2.75) is 31.4 Å². The first-order valence-electron chi connectivity index (χ1n) is 5.45. The number of nitrogens with zero attached hydrogens (tertiary/aromatic N) is 3. The summed E-state index contributed by atoms with van der Waals surface area (Å²) >= 11 is 1.50. The number of anilines is 1. The van der Waals surface area contributed by atoms with Gasteiger partial charge < -0.3 is 4.74 Å². The lowest BCUT2D eigenvalue weighted by Crippen LogP contribution is -2.44. The van der Waals surface area contributed by atoms with Gasteiger partial charge in [-0.05, 0) is 19.6 Å². The minimum absolute atomic E-state index is 0.0508. The first kappa shape index (κ1) is 12.2. The Morgan fingerprint density at radius 2 is 2.18 bits per heavy atom. The third-order valence-electron chi connectivity index (χ3n) is 2.68. The molecule has 0 radical (unpaired) electrons. The Kier molecular flexibility index (Phi) is 3.24. The SMILES string of the molecule is CC[C@H]1Oc2c(SC)nc(C)nc2N(C)C1=O. The van der Waals surface area contributed by atoms with Gasteiger partial charge in [-0.15, -0.1) is 11.8 Å². The molecule has 0 aliphatic carbocycles. The number of amides is 1. The van der Waals surface area contributed by atoms with E-state index in [1.54, 1.807) is 11.9 Å². The van der Waals surface area contributed by atoms with E-state index in [0.29, 0.717) is 23.8 Å². The van der Waals surface area contributed by atoms with Gasteiger partial charge >= 0.3 is 0 Å². The van der Waals surface area contributed by atoms with Gasteiger partial charge in [-0.3, -0.25) is 9.69 Å².